The second-order valence-electron chi connectivity index (χ2n) is 6.50. The van der Waals surface area contributed by atoms with E-state index in [1.165, 1.54) is 23.9 Å². The van der Waals surface area contributed by atoms with E-state index >= 15 is 0 Å². The number of Topliss-reactive ketones (excluding diaryl/α,β-unsaturated/α-hetero) is 1. The van der Waals surface area contributed by atoms with Crippen molar-refractivity contribution in [1.82, 2.24) is 0 Å². The summed E-state index contributed by atoms with van der Waals surface area (Å²) >= 11 is 7.94. The van der Waals surface area contributed by atoms with Crippen LogP contribution in [0.25, 0.3) is 17.4 Å². The van der Waals surface area contributed by atoms with E-state index in [4.69, 9.17) is 16.6 Å². The Hall–Kier alpha value is -2.43. The van der Waals surface area contributed by atoms with Crippen molar-refractivity contribution in [3.8, 4) is 11.3 Å². The number of carboxylic acid groups (broad SMARTS) is 1. The van der Waals surface area contributed by atoms with Gasteiger partial charge in [0.25, 0.3) is 5.69 Å². The van der Waals surface area contributed by atoms with Crippen LogP contribution in [0.1, 0.15) is 12.2 Å². The number of ketones is 1. The molecule has 0 radical (unpaired) electrons. The molecule has 2 heterocycles. The summed E-state index contributed by atoms with van der Waals surface area (Å²) in [6.45, 7) is 0. The normalized spacial score (nSPS) is 18.7. The van der Waals surface area contributed by atoms with Crippen LogP contribution in [-0.4, -0.2) is 38.0 Å². The van der Waals surface area contributed by atoms with Crippen molar-refractivity contribution in [1.29, 1.82) is 0 Å². The highest BCUT2D eigenvalue weighted by molar-refractivity contribution is 8.27. The first-order valence-corrected chi connectivity index (χ1v) is 11.5. The van der Waals surface area contributed by atoms with Gasteiger partial charge >= 0.3 is 5.97 Å². The van der Waals surface area contributed by atoms with Crippen LogP contribution in [0.3, 0.4) is 0 Å². The maximum Gasteiger partial charge on any atom is 0.307 e. The van der Waals surface area contributed by atoms with Crippen molar-refractivity contribution < 1.29 is 24.0 Å². The summed E-state index contributed by atoms with van der Waals surface area (Å²) in [6.07, 6.45) is 3.81. The number of non-ortho nitro benzene ring substituents is 1. The van der Waals surface area contributed by atoms with Gasteiger partial charge in [0.2, 0.25) is 0 Å². The standard InChI is InChI=1S/C20H17NO6S3/c1-29-9-8-14(19(23)24)17-18(22)16(30-20(17)28)10-13-6-7-15(27-13)11-2-4-12(5-3-11)21(25)26/h2-7,10,14,17H,8-9H2,1H3,(H,23,24). The number of thiocarbonyl (C=S) groups is 1. The lowest BCUT2D eigenvalue weighted by molar-refractivity contribution is -0.384. The molecule has 1 aliphatic rings. The molecule has 1 saturated heterocycles. The number of aliphatic carboxylic acids is 1. The Morgan fingerprint density at radius 3 is 2.67 bits per heavy atom. The Balaban J connectivity index is 1.80. The molecule has 0 aliphatic carbocycles. The zero-order valence-electron chi connectivity index (χ0n) is 15.8. The molecular weight excluding hydrogens is 446 g/mol. The average Bonchev–Trinajstić information content (AvgIpc) is 3.28. The Labute approximate surface area is 186 Å². The van der Waals surface area contributed by atoms with Crippen LogP contribution in [0.2, 0.25) is 0 Å². The third-order valence-corrected chi connectivity index (χ3v) is 6.75. The van der Waals surface area contributed by atoms with E-state index in [0.717, 1.165) is 11.8 Å². The lowest BCUT2D eigenvalue weighted by atomic mass is 9.88. The van der Waals surface area contributed by atoms with Gasteiger partial charge in [-0.25, -0.2) is 0 Å². The lowest BCUT2D eigenvalue weighted by Crippen LogP contribution is -2.30. The lowest BCUT2D eigenvalue weighted by Gasteiger charge is -2.16. The number of nitrogens with zero attached hydrogens (tertiary/aromatic N) is 1. The van der Waals surface area contributed by atoms with Gasteiger partial charge < -0.3 is 9.52 Å². The highest BCUT2D eigenvalue weighted by Crippen LogP contribution is 2.41. The fraction of sp³-hybridized carbons (Fsp3) is 0.250. The zero-order chi connectivity index (χ0) is 21.8. The fourth-order valence-corrected chi connectivity index (χ4v) is 5.12. The first-order valence-electron chi connectivity index (χ1n) is 8.86. The highest BCUT2D eigenvalue weighted by Gasteiger charge is 2.43. The fourth-order valence-electron chi connectivity index (χ4n) is 3.07. The van der Waals surface area contributed by atoms with Gasteiger partial charge in [0.1, 0.15) is 11.5 Å². The summed E-state index contributed by atoms with van der Waals surface area (Å²) in [5.41, 5.74) is 0.640. The van der Waals surface area contributed by atoms with Crippen molar-refractivity contribution >= 4 is 63.5 Å². The summed E-state index contributed by atoms with van der Waals surface area (Å²) in [7, 11) is 0. The number of rotatable bonds is 8. The summed E-state index contributed by atoms with van der Waals surface area (Å²) in [4.78, 5) is 35.2. The molecule has 156 valence electrons. The third kappa shape index (κ3) is 4.82. The number of carbonyl (C=O) groups is 2. The number of carbonyl (C=O) groups excluding carboxylic acids is 1. The van der Waals surface area contributed by atoms with Gasteiger partial charge in [-0.15, -0.1) is 0 Å². The first kappa shape index (κ1) is 22.3. The van der Waals surface area contributed by atoms with Crippen LogP contribution in [0.5, 0.6) is 0 Å². The third-order valence-electron chi connectivity index (χ3n) is 4.61. The largest absolute Gasteiger partial charge is 0.481 e. The molecule has 2 atom stereocenters. The Bertz CT molecular complexity index is 1030. The second-order valence-corrected chi connectivity index (χ2v) is 9.27. The SMILES string of the molecule is CSCCC(C(=O)O)C1C(=O)C(=Cc2ccc(-c3ccc([N+](=O)[O-])cc3)o2)SC1=S. The van der Waals surface area contributed by atoms with E-state index in [2.05, 4.69) is 0 Å². The van der Waals surface area contributed by atoms with Crippen molar-refractivity contribution in [2.75, 3.05) is 12.0 Å². The van der Waals surface area contributed by atoms with Gasteiger partial charge in [0.05, 0.1) is 25.9 Å². The van der Waals surface area contributed by atoms with Crippen molar-refractivity contribution in [3.05, 3.63) is 57.2 Å². The van der Waals surface area contributed by atoms with Crippen molar-refractivity contribution in [2.45, 2.75) is 6.42 Å². The molecule has 2 aromatic rings. The number of allylic oxidation sites excluding steroid dienone is 1. The first-order chi connectivity index (χ1) is 14.3. The molecule has 0 bridgehead atoms. The molecular formula is C20H17NO6S3. The molecule has 0 spiro atoms. The molecule has 10 heteroatoms. The van der Waals surface area contributed by atoms with Crippen LogP contribution in [0, 0.1) is 22.0 Å². The predicted octanol–water partition coefficient (Wildman–Crippen LogP) is 4.91. The van der Waals surface area contributed by atoms with Crippen LogP contribution in [-0.2, 0) is 9.59 Å². The number of hydrogen-bond acceptors (Lipinski definition) is 8. The minimum Gasteiger partial charge on any atom is -0.481 e. The molecule has 30 heavy (non-hydrogen) atoms. The minimum absolute atomic E-state index is 0.0189. The molecule has 1 aliphatic heterocycles. The molecule has 7 nitrogen and oxygen atoms in total. The van der Waals surface area contributed by atoms with Gasteiger partial charge in [-0.1, -0.05) is 24.0 Å². The Morgan fingerprint density at radius 2 is 2.07 bits per heavy atom. The number of furan rings is 1. The number of hydrogen-bond donors (Lipinski definition) is 1. The van der Waals surface area contributed by atoms with E-state index in [9.17, 15) is 24.8 Å². The van der Waals surface area contributed by atoms with E-state index in [1.54, 1.807) is 30.3 Å². The quantitative estimate of drug-likeness (QED) is 0.253. The molecule has 1 aromatic heterocycles. The molecule has 0 saturated carbocycles. The van der Waals surface area contributed by atoms with Crippen LogP contribution in [0.4, 0.5) is 5.69 Å². The number of thioether (sulfide) groups is 2. The van der Waals surface area contributed by atoms with E-state index < -0.39 is 22.7 Å². The van der Waals surface area contributed by atoms with E-state index in [-0.39, 0.29) is 11.5 Å². The topological polar surface area (TPSA) is 111 Å². The summed E-state index contributed by atoms with van der Waals surface area (Å²) in [5.74, 6) is -1.46. The van der Waals surface area contributed by atoms with Crippen molar-refractivity contribution in [2.24, 2.45) is 11.8 Å². The van der Waals surface area contributed by atoms with Crippen LogP contribution >= 0.6 is 35.7 Å². The zero-order valence-corrected chi connectivity index (χ0v) is 18.2. The van der Waals surface area contributed by atoms with Gasteiger partial charge in [0.15, 0.2) is 5.78 Å². The molecule has 1 aromatic carbocycles. The van der Waals surface area contributed by atoms with E-state index in [1.807, 2.05) is 6.26 Å². The minimum atomic E-state index is -1.02. The molecule has 1 fully saturated rings. The molecule has 2 unspecified atom stereocenters. The monoisotopic (exact) mass is 463 g/mol. The second kappa shape index (κ2) is 9.59. The smallest absolute Gasteiger partial charge is 0.307 e. The summed E-state index contributed by atoms with van der Waals surface area (Å²) < 4.78 is 6.11. The molecule has 1 N–H and O–H groups in total. The summed E-state index contributed by atoms with van der Waals surface area (Å²) in [6, 6.07) is 9.31. The van der Waals surface area contributed by atoms with Gasteiger partial charge in [-0.05, 0) is 48.8 Å². The Kier molecular flexibility index (Phi) is 7.11. The molecule has 3 rings (SSSR count). The van der Waals surface area contributed by atoms with Gasteiger partial charge in [-0.3, -0.25) is 19.7 Å². The maximum atomic E-state index is 12.9. The van der Waals surface area contributed by atoms with Gasteiger partial charge in [-0.2, -0.15) is 11.8 Å². The van der Waals surface area contributed by atoms with Crippen LogP contribution in [0.15, 0.2) is 45.7 Å². The molecule has 0 amide bonds. The Morgan fingerprint density at radius 1 is 1.37 bits per heavy atom. The number of nitro groups is 1. The van der Waals surface area contributed by atoms with Crippen molar-refractivity contribution in [3.63, 3.8) is 0 Å². The van der Waals surface area contributed by atoms with Gasteiger partial charge in [0, 0.05) is 17.7 Å². The van der Waals surface area contributed by atoms with Crippen LogP contribution < -0.4 is 0 Å². The average molecular weight is 464 g/mol. The highest BCUT2D eigenvalue weighted by atomic mass is 32.2. The predicted molar refractivity (Wildman–Crippen MR) is 122 cm³/mol. The maximum absolute atomic E-state index is 12.9. The van der Waals surface area contributed by atoms with E-state index in [0.29, 0.717) is 38.4 Å². The number of carboxylic acids is 1. The summed E-state index contributed by atoms with van der Waals surface area (Å²) in [5, 5.41) is 20.3. The number of benzene rings is 1. The number of nitro benzene ring substituents is 1.